The molecular weight excluding hydrogens is 509 g/mol. The van der Waals surface area contributed by atoms with Crippen LogP contribution in [0, 0.1) is 24.2 Å². The van der Waals surface area contributed by atoms with Gasteiger partial charge >= 0.3 is 0 Å². The molecule has 182 valence electrons. The lowest BCUT2D eigenvalue weighted by Crippen LogP contribution is -2.28. The average Bonchev–Trinajstić information content (AvgIpc) is 3.48. The SMILES string of the molecule is Cc1nn(-c2ccc(Cl)cc2Cl)c(Oc2ccc(Cl)cc2)c1C=O.O=CNC1CC2CCC23CC13. The highest BCUT2D eigenvalue weighted by molar-refractivity contribution is 6.35. The van der Waals surface area contributed by atoms with Gasteiger partial charge in [0.2, 0.25) is 12.3 Å². The van der Waals surface area contributed by atoms with Crippen LogP contribution in [0.5, 0.6) is 11.6 Å². The Morgan fingerprint density at radius 1 is 1.11 bits per heavy atom. The Balaban J connectivity index is 0.000000189. The molecule has 3 fully saturated rings. The maximum absolute atomic E-state index is 11.5. The predicted molar refractivity (Wildman–Crippen MR) is 136 cm³/mol. The molecule has 1 heterocycles. The van der Waals surface area contributed by atoms with E-state index in [-0.39, 0.29) is 5.88 Å². The van der Waals surface area contributed by atoms with Crippen molar-refractivity contribution in [3.63, 3.8) is 0 Å². The molecule has 1 N–H and O–H groups in total. The number of hydrogen-bond acceptors (Lipinski definition) is 4. The van der Waals surface area contributed by atoms with Gasteiger partial charge in [0.1, 0.15) is 5.75 Å². The van der Waals surface area contributed by atoms with E-state index >= 15 is 0 Å². The minimum Gasteiger partial charge on any atom is -0.438 e. The Morgan fingerprint density at radius 2 is 1.86 bits per heavy atom. The van der Waals surface area contributed by atoms with E-state index in [0.29, 0.717) is 50.1 Å². The summed E-state index contributed by atoms with van der Waals surface area (Å²) < 4.78 is 7.34. The number of carbonyl (C=O) groups is 2. The van der Waals surface area contributed by atoms with Gasteiger partial charge in [-0.1, -0.05) is 34.8 Å². The minimum atomic E-state index is 0.272. The number of ether oxygens (including phenoxy) is 1. The second-order valence-electron chi connectivity index (χ2n) is 9.39. The third kappa shape index (κ3) is 4.44. The molecule has 3 saturated carbocycles. The highest BCUT2D eigenvalue weighted by Gasteiger charge is 2.70. The summed E-state index contributed by atoms with van der Waals surface area (Å²) in [6.45, 7) is 1.72. The van der Waals surface area contributed by atoms with Crippen LogP contribution in [0.3, 0.4) is 0 Å². The van der Waals surface area contributed by atoms with E-state index in [0.717, 1.165) is 23.7 Å². The largest absolute Gasteiger partial charge is 0.438 e. The Kier molecular flexibility index (Phi) is 6.55. The molecule has 6 nitrogen and oxygen atoms in total. The van der Waals surface area contributed by atoms with Crippen molar-refractivity contribution in [2.75, 3.05) is 0 Å². The summed E-state index contributed by atoms with van der Waals surface area (Å²) in [7, 11) is 0. The van der Waals surface area contributed by atoms with Crippen LogP contribution in [0.2, 0.25) is 15.1 Å². The molecule has 1 amide bonds. The monoisotopic (exact) mass is 531 g/mol. The van der Waals surface area contributed by atoms with E-state index < -0.39 is 0 Å². The fourth-order valence-corrected chi connectivity index (χ4v) is 6.26. The highest BCUT2D eigenvalue weighted by atomic mass is 35.5. The number of carbonyl (C=O) groups excluding carboxylic acids is 2. The van der Waals surface area contributed by atoms with Crippen LogP contribution in [0.25, 0.3) is 5.69 Å². The van der Waals surface area contributed by atoms with Crippen molar-refractivity contribution in [2.45, 2.75) is 38.6 Å². The third-order valence-corrected chi connectivity index (χ3v) is 8.39. The van der Waals surface area contributed by atoms with Crippen molar-refractivity contribution >= 4 is 47.5 Å². The summed E-state index contributed by atoms with van der Waals surface area (Å²) in [5.41, 5.74) is 2.18. The molecule has 3 aliphatic rings. The molecule has 4 atom stereocenters. The number of nitrogens with one attached hydrogen (secondary N) is 1. The van der Waals surface area contributed by atoms with Gasteiger partial charge in [0, 0.05) is 16.1 Å². The fraction of sp³-hybridized carbons (Fsp3) is 0.346. The number of halogens is 3. The molecule has 0 aliphatic heterocycles. The van der Waals surface area contributed by atoms with E-state index in [1.165, 1.54) is 30.4 Å². The van der Waals surface area contributed by atoms with Gasteiger partial charge < -0.3 is 10.1 Å². The number of nitrogens with zero attached hydrogens (tertiary/aromatic N) is 2. The molecule has 2 aromatic carbocycles. The van der Waals surface area contributed by atoms with Gasteiger partial charge in [0.05, 0.1) is 22.0 Å². The van der Waals surface area contributed by atoms with Gasteiger partial charge in [-0.15, -0.1) is 0 Å². The molecule has 3 aromatic rings. The van der Waals surface area contributed by atoms with Crippen molar-refractivity contribution in [1.82, 2.24) is 15.1 Å². The third-order valence-electron chi connectivity index (χ3n) is 7.60. The topological polar surface area (TPSA) is 73.2 Å². The second kappa shape index (κ2) is 9.49. The number of benzene rings is 2. The Morgan fingerprint density at radius 3 is 2.40 bits per heavy atom. The van der Waals surface area contributed by atoms with Crippen LogP contribution in [0.1, 0.15) is 41.7 Å². The lowest BCUT2D eigenvalue weighted by atomic mass is 9.71. The van der Waals surface area contributed by atoms with Gasteiger partial charge in [0.15, 0.2) is 6.29 Å². The summed E-state index contributed by atoms with van der Waals surface area (Å²) in [4.78, 5) is 21.7. The standard InChI is InChI=1S/C17H11Cl3N2O2.C9H13NO/c1-10-14(9-23)17(24-13-5-2-11(18)3-6-13)22(21-10)16-7-4-12(19)8-15(16)20;11-5-10-8-3-6-1-2-9(6)4-7(8)9/h2-9H,1H3;5-8H,1-4H2,(H,10,11). The Hall–Kier alpha value is -2.54. The summed E-state index contributed by atoms with van der Waals surface area (Å²) in [5.74, 6) is 2.64. The first-order valence-corrected chi connectivity index (χ1v) is 12.6. The zero-order chi connectivity index (χ0) is 24.7. The van der Waals surface area contributed by atoms with Gasteiger partial charge in [-0.25, -0.2) is 0 Å². The van der Waals surface area contributed by atoms with Crippen LogP contribution in [0.15, 0.2) is 42.5 Å². The fourth-order valence-electron chi connectivity index (χ4n) is 5.65. The van der Waals surface area contributed by atoms with Crippen molar-refractivity contribution in [1.29, 1.82) is 0 Å². The van der Waals surface area contributed by atoms with Crippen LogP contribution in [-0.4, -0.2) is 28.5 Å². The molecule has 0 radical (unpaired) electrons. The van der Waals surface area contributed by atoms with Gasteiger partial charge in [0.25, 0.3) is 0 Å². The van der Waals surface area contributed by atoms with Gasteiger partial charge in [-0.3, -0.25) is 9.59 Å². The first kappa shape index (κ1) is 24.2. The zero-order valence-corrected chi connectivity index (χ0v) is 21.3. The molecule has 0 saturated heterocycles. The summed E-state index contributed by atoms with van der Waals surface area (Å²) in [5, 5.41) is 8.80. The van der Waals surface area contributed by atoms with Gasteiger partial charge in [-0.05, 0) is 92.3 Å². The lowest BCUT2D eigenvalue weighted by molar-refractivity contribution is -0.110. The number of aryl methyl sites for hydroxylation is 1. The molecule has 35 heavy (non-hydrogen) atoms. The number of hydrogen-bond donors (Lipinski definition) is 1. The van der Waals surface area contributed by atoms with E-state index in [1.54, 1.807) is 49.4 Å². The quantitative estimate of drug-likeness (QED) is 0.360. The Bertz CT molecular complexity index is 1280. The van der Waals surface area contributed by atoms with Crippen LogP contribution in [-0.2, 0) is 4.79 Å². The summed E-state index contributed by atoms with van der Waals surface area (Å²) in [6.07, 6.45) is 7.12. The van der Waals surface area contributed by atoms with Crippen molar-refractivity contribution < 1.29 is 14.3 Å². The number of aldehydes is 1. The highest BCUT2D eigenvalue weighted by Crippen LogP contribution is 2.75. The van der Waals surface area contributed by atoms with Crippen LogP contribution >= 0.6 is 34.8 Å². The molecule has 1 aromatic heterocycles. The first-order chi connectivity index (χ1) is 16.9. The maximum Gasteiger partial charge on any atom is 0.233 e. The average molecular weight is 533 g/mol. The number of amides is 1. The first-order valence-electron chi connectivity index (χ1n) is 11.5. The number of rotatable bonds is 6. The summed E-state index contributed by atoms with van der Waals surface area (Å²) in [6, 6.07) is 12.3. The maximum atomic E-state index is 11.5. The minimum absolute atomic E-state index is 0.272. The Labute approximate surface area is 218 Å². The second-order valence-corrected chi connectivity index (χ2v) is 10.7. The van der Waals surface area contributed by atoms with Crippen LogP contribution in [0.4, 0.5) is 0 Å². The zero-order valence-electron chi connectivity index (χ0n) is 19.0. The van der Waals surface area contributed by atoms with Crippen LogP contribution < -0.4 is 10.1 Å². The molecule has 4 unspecified atom stereocenters. The normalized spacial score (nSPS) is 25.3. The molecular formula is C26H24Cl3N3O3. The van der Waals surface area contributed by atoms with Crippen molar-refractivity contribution in [2.24, 2.45) is 17.3 Å². The van der Waals surface area contributed by atoms with Gasteiger partial charge in [-0.2, -0.15) is 9.78 Å². The smallest absolute Gasteiger partial charge is 0.233 e. The lowest BCUT2D eigenvalue weighted by Gasteiger charge is -2.33. The number of aromatic nitrogens is 2. The molecule has 9 heteroatoms. The van der Waals surface area contributed by atoms with E-state index in [9.17, 15) is 9.59 Å². The molecule has 0 bridgehead atoms. The molecule has 6 rings (SSSR count). The predicted octanol–water partition coefficient (Wildman–Crippen LogP) is 6.67. The van der Waals surface area contributed by atoms with Crippen molar-refractivity contribution in [3.8, 4) is 17.3 Å². The van der Waals surface area contributed by atoms with E-state index in [2.05, 4.69) is 10.4 Å². The molecule has 1 spiro atoms. The van der Waals surface area contributed by atoms with E-state index in [4.69, 9.17) is 39.5 Å². The molecule has 3 aliphatic carbocycles. The summed E-state index contributed by atoms with van der Waals surface area (Å²) >= 11 is 18.1. The van der Waals surface area contributed by atoms with E-state index in [1.807, 2.05) is 0 Å². The van der Waals surface area contributed by atoms with Crippen molar-refractivity contribution in [3.05, 3.63) is 68.8 Å².